The van der Waals surface area contributed by atoms with E-state index in [1.54, 1.807) is 6.92 Å². The molecule has 0 saturated carbocycles. The molecule has 1 rings (SSSR count). The Morgan fingerprint density at radius 1 is 1.69 bits per heavy atom. The highest BCUT2D eigenvalue weighted by molar-refractivity contribution is 5.52. The highest BCUT2D eigenvalue weighted by Crippen LogP contribution is 2.10. The summed E-state index contributed by atoms with van der Waals surface area (Å²) in [5, 5.41) is 11.5. The summed E-state index contributed by atoms with van der Waals surface area (Å²) in [6.45, 7) is 1.74. The van der Waals surface area contributed by atoms with Gasteiger partial charge < -0.3 is 16.8 Å². The Morgan fingerprint density at radius 2 is 2.38 bits per heavy atom. The van der Waals surface area contributed by atoms with Crippen molar-refractivity contribution in [3.63, 3.8) is 0 Å². The van der Waals surface area contributed by atoms with Crippen LogP contribution in [-0.4, -0.2) is 16.1 Å². The Labute approximate surface area is 75.6 Å². The van der Waals surface area contributed by atoms with Crippen LogP contribution in [0.1, 0.15) is 12.5 Å². The first-order valence-corrected chi connectivity index (χ1v) is 3.68. The van der Waals surface area contributed by atoms with E-state index in [1.807, 2.05) is 6.07 Å². The van der Waals surface area contributed by atoms with Crippen LogP contribution in [0.5, 0.6) is 0 Å². The van der Waals surface area contributed by atoms with E-state index in [4.69, 9.17) is 16.7 Å². The zero-order valence-electron chi connectivity index (χ0n) is 7.15. The molecule has 0 aliphatic rings. The average molecular weight is 178 g/mol. The van der Waals surface area contributed by atoms with Gasteiger partial charge in [0.05, 0.1) is 12.4 Å². The van der Waals surface area contributed by atoms with Gasteiger partial charge in [-0.3, -0.25) is 0 Å². The molecule has 1 aromatic heterocycles. The van der Waals surface area contributed by atoms with Crippen molar-refractivity contribution in [1.82, 2.24) is 9.97 Å². The van der Waals surface area contributed by atoms with Crippen molar-refractivity contribution in [2.24, 2.45) is 5.73 Å². The molecule has 0 bridgehead atoms. The highest BCUT2D eigenvalue weighted by atomic mass is 15.1. The second-order valence-corrected chi connectivity index (χ2v) is 2.54. The van der Waals surface area contributed by atoms with E-state index in [-0.39, 0.29) is 12.1 Å². The zero-order valence-corrected chi connectivity index (χ0v) is 7.15. The predicted octanol–water partition coefficient (Wildman–Crippen LogP) is -0.353. The zero-order chi connectivity index (χ0) is 9.84. The summed E-state index contributed by atoms with van der Waals surface area (Å²) < 4.78 is 0. The van der Waals surface area contributed by atoms with Crippen LogP contribution in [0.25, 0.3) is 0 Å². The maximum absolute atomic E-state index is 8.67. The molecule has 5 N–H and O–H groups in total. The molecule has 6 heteroatoms. The van der Waals surface area contributed by atoms with Crippen molar-refractivity contribution < 1.29 is 0 Å². The van der Waals surface area contributed by atoms with Crippen LogP contribution in [0.4, 0.5) is 11.8 Å². The molecule has 13 heavy (non-hydrogen) atoms. The van der Waals surface area contributed by atoms with E-state index >= 15 is 0 Å². The van der Waals surface area contributed by atoms with Crippen LogP contribution in [0.15, 0.2) is 6.20 Å². The van der Waals surface area contributed by atoms with Gasteiger partial charge in [0.2, 0.25) is 5.95 Å². The van der Waals surface area contributed by atoms with Crippen LogP contribution in [0.3, 0.4) is 0 Å². The third-order valence-electron chi connectivity index (χ3n) is 1.29. The van der Waals surface area contributed by atoms with Crippen molar-refractivity contribution in [3.8, 4) is 6.07 Å². The van der Waals surface area contributed by atoms with Crippen LogP contribution < -0.4 is 16.8 Å². The summed E-state index contributed by atoms with van der Waals surface area (Å²) in [5.41, 5.74) is 11.1. The van der Waals surface area contributed by atoms with Crippen LogP contribution in [-0.2, 0) is 0 Å². The second kappa shape index (κ2) is 3.69. The lowest BCUT2D eigenvalue weighted by Gasteiger charge is -2.09. The van der Waals surface area contributed by atoms with E-state index in [9.17, 15) is 0 Å². The smallest absolute Gasteiger partial charge is 0.222 e. The van der Waals surface area contributed by atoms with Crippen LogP contribution >= 0.6 is 0 Å². The largest absolute Gasteiger partial charge is 0.368 e. The fourth-order valence-corrected chi connectivity index (χ4v) is 0.803. The Kier molecular flexibility index (Phi) is 2.62. The van der Waals surface area contributed by atoms with Gasteiger partial charge in [-0.25, -0.2) is 4.98 Å². The van der Waals surface area contributed by atoms with Crippen molar-refractivity contribution in [2.75, 3.05) is 11.1 Å². The molecule has 0 spiro atoms. The molecule has 0 aromatic carbocycles. The van der Waals surface area contributed by atoms with Gasteiger partial charge in [0.15, 0.2) is 5.82 Å². The minimum absolute atomic E-state index is 0.113. The lowest BCUT2D eigenvalue weighted by molar-refractivity contribution is 0.841. The molecular weight excluding hydrogens is 168 g/mol. The monoisotopic (exact) mass is 178 g/mol. The SMILES string of the molecule is C[C@@H](N)Nc1nc(N)ncc1C#N. The Balaban J connectivity index is 3.03. The van der Waals surface area contributed by atoms with Crippen molar-refractivity contribution >= 4 is 11.8 Å². The second-order valence-electron chi connectivity index (χ2n) is 2.54. The quantitative estimate of drug-likeness (QED) is 0.533. The Bertz CT molecular complexity index is 339. The minimum Gasteiger partial charge on any atom is -0.368 e. The van der Waals surface area contributed by atoms with Gasteiger partial charge in [-0.2, -0.15) is 10.2 Å². The summed E-state index contributed by atoms with van der Waals surface area (Å²) in [6.07, 6.45) is 1.06. The number of hydrogen-bond donors (Lipinski definition) is 3. The van der Waals surface area contributed by atoms with Crippen LogP contribution in [0.2, 0.25) is 0 Å². The summed E-state index contributed by atoms with van der Waals surface area (Å²) in [5.74, 6) is 0.479. The third-order valence-corrected chi connectivity index (χ3v) is 1.29. The van der Waals surface area contributed by atoms with Crippen molar-refractivity contribution in [1.29, 1.82) is 5.26 Å². The number of hydrogen-bond acceptors (Lipinski definition) is 6. The fraction of sp³-hybridized carbons (Fsp3) is 0.286. The molecule has 6 nitrogen and oxygen atoms in total. The molecule has 0 fully saturated rings. The molecule has 0 unspecified atom stereocenters. The number of rotatable bonds is 2. The van der Waals surface area contributed by atoms with Crippen molar-refractivity contribution in [2.45, 2.75) is 13.1 Å². The van der Waals surface area contributed by atoms with Gasteiger partial charge >= 0.3 is 0 Å². The predicted molar refractivity (Wildman–Crippen MR) is 48.4 cm³/mol. The molecule has 0 aliphatic carbocycles. The van der Waals surface area contributed by atoms with Gasteiger partial charge in [0, 0.05) is 0 Å². The normalized spacial score (nSPS) is 11.8. The lowest BCUT2D eigenvalue weighted by atomic mass is 10.3. The fourth-order valence-electron chi connectivity index (χ4n) is 0.803. The summed E-state index contributed by atoms with van der Waals surface area (Å²) in [6, 6.07) is 1.93. The summed E-state index contributed by atoms with van der Waals surface area (Å²) in [7, 11) is 0. The molecule has 1 atom stereocenters. The van der Waals surface area contributed by atoms with E-state index in [2.05, 4.69) is 15.3 Å². The first kappa shape index (κ1) is 9.22. The standard InChI is InChI=1S/C7H10N6/c1-4(9)12-6-5(2-8)3-11-7(10)13-6/h3-4H,9H2,1H3,(H3,10,11,12,13)/t4-/m0/s1. The molecule has 68 valence electrons. The first-order chi connectivity index (χ1) is 6.13. The van der Waals surface area contributed by atoms with E-state index in [0.717, 1.165) is 0 Å². The van der Waals surface area contributed by atoms with E-state index in [0.29, 0.717) is 11.4 Å². The topological polar surface area (TPSA) is 114 Å². The maximum atomic E-state index is 8.67. The van der Waals surface area contributed by atoms with Gasteiger partial charge in [0.1, 0.15) is 11.6 Å². The number of nitrogens with zero attached hydrogens (tertiary/aromatic N) is 3. The Morgan fingerprint density at radius 3 is 2.92 bits per heavy atom. The number of nitrogen functional groups attached to an aromatic ring is 1. The average Bonchev–Trinajstić information content (AvgIpc) is 2.03. The minimum atomic E-state index is -0.290. The van der Waals surface area contributed by atoms with Crippen LogP contribution in [0, 0.1) is 11.3 Å². The third kappa shape index (κ3) is 2.28. The summed E-state index contributed by atoms with van der Waals surface area (Å²) >= 11 is 0. The van der Waals surface area contributed by atoms with Gasteiger partial charge in [0.25, 0.3) is 0 Å². The molecule has 1 heterocycles. The first-order valence-electron chi connectivity index (χ1n) is 3.68. The highest BCUT2D eigenvalue weighted by Gasteiger charge is 2.05. The Hall–Kier alpha value is -1.87. The number of nitriles is 1. The molecule has 0 saturated heterocycles. The lowest BCUT2D eigenvalue weighted by Crippen LogP contribution is -2.26. The summed E-state index contributed by atoms with van der Waals surface area (Å²) in [4.78, 5) is 7.52. The molecular formula is C7H10N6. The van der Waals surface area contributed by atoms with Crippen molar-refractivity contribution in [3.05, 3.63) is 11.8 Å². The van der Waals surface area contributed by atoms with Gasteiger partial charge in [-0.1, -0.05) is 0 Å². The number of nitrogens with two attached hydrogens (primary N) is 2. The number of nitrogens with one attached hydrogen (secondary N) is 1. The molecule has 0 aliphatic heterocycles. The van der Waals surface area contributed by atoms with E-state index in [1.165, 1.54) is 6.20 Å². The maximum Gasteiger partial charge on any atom is 0.222 e. The number of anilines is 2. The molecule has 0 radical (unpaired) electrons. The van der Waals surface area contributed by atoms with E-state index < -0.39 is 0 Å². The molecule has 0 amide bonds. The molecule has 1 aromatic rings. The number of aromatic nitrogens is 2. The van der Waals surface area contributed by atoms with Gasteiger partial charge in [-0.15, -0.1) is 0 Å². The van der Waals surface area contributed by atoms with Gasteiger partial charge in [-0.05, 0) is 6.92 Å².